The monoisotopic (exact) mass is 295 g/mol. The van der Waals surface area contributed by atoms with Crippen molar-refractivity contribution >= 4 is 5.91 Å². The number of amides is 1. The van der Waals surface area contributed by atoms with Crippen LogP contribution in [-0.2, 0) is 11.2 Å². The molecule has 5 nitrogen and oxygen atoms in total. The fourth-order valence-electron chi connectivity index (χ4n) is 1.76. The predicted octanol–water partition coefficient (Wildman–Crippen LogP) is 1.63. The van der Waals surface area contributed by atoms with E-state index >= 15 is 0 Å². The highest BCUT2D eigenvalue weighted by atomic mass is 19.1. The fourth-order valence-corrected chi connectivity index (χ4v) is 1.76. The summed E-state index contributed by atoms with van der Waals surface area (Å²) in [4.78, 5) is 15.4. The van der Waals surface area contributed by atoms with Crippen molar-refractivity contribution in [3.05, 3.63) is 41.9 Å². The summed E-state index contributed by atoms with van der Waals surface area (Å²) in [6, 6.07) is 3.20. The van der Waals surface area contributed by atoms with Gasteiger partial charge in [-0.1, -0.05) is 0 Å². The number of aromatic nitrogens is 1. The molecule has 21 heavy (non-hydrogen) atoms. The van der Waals surface area contributed by atoms with Crippen molar-refractivity contribution in [3.8, 4) is 11.3 Å². The second-order valence-corrected chi connectivity index (χ2v) is 4.38. The maximum atomic E-state index is 13.6. The van der Waals surface area contributed by atoms with Crippen molar-refractivity contribution in [2.24, 2.45) is 5.73 Å². The summed E-state index contributed by atoms with van der Waals surface area (Å²) in [5.41, 5.74) is 5.40. The molecule has 1 aromatic heterocycles. The average molecular weight is 295 g/mol. The van der Waals surface area contributed by atoms with Crippen LogP contribution in [0.5, 0.6) is 0 Å². The molecule has 1 amide bonds. The van der Waals surface area contributed by atoms with E-state index < -0.39 is 11.6 Å². The van der Waals surface area contributed by atoms with Crippen molar-refractivity contribution in [3.63, 3.8) is 0 Å². The number of nitrogens with one attached hydrogen (secondary N) is 1. The fraction of sp³-hybridized carbons (Fsp3) is 0.286. The lowest BCUT2D eigenvalue weighted by Gasteiger charge is -2.01. The molecule has 112 valence electrons. The van der Waals surface area contributed by atoms with Gasteiger partial charge in [0.25, 0.3) is 0 Å². The van der Waals surface area contributed by atoms with Gasteiger partial charge in [-0.3, -0.25) is 4.79 Å². The second kappa shape index (κ2) is 6.94. The second-order valence-electron chi connectivity index (χ2n) is 4.38. The van der Waals surface area contributed by atoms with Crippen molar-refractivity contribution < 1.29 is 18.0 Å². The van der Waals surface area contributed by atoms with Crippen LogP contribution < -0.4 is 11.1 Å². The van der Waals surface area contributed by atoms with Gasteiger partial charge in [0.2, 0.25) is 5.91 Å². The van der Waals surface area contributed by atoms with Crippen LogP contribution >= 0.6 is 0 Å². The van der Waals surface area contributed by atoms with Crippen molar-refractivity contribution in [1.82, 2.24) is 10.3 Å². The first-order valence-corrected chi connectivity index (χ1v) is 6.47. The largest absolute Gasteiger partial charge is 0.441 e. The molecule has 0 aliphatic rings. The first-order chi connectivity index (χ1) is 10.1. The van der Waals surface area contributed by atoms with Crippen LogP contribution in [0.25, 0.3) is 11.3 Å². The number of hydrogen-bond acceptors (Lipinski definition) is 4. The normalized spacial score (nSPS) is 10.6. The van der Waals surface area contributed by atoms with Gasteiger partial charge in [0.1, 0.15) is 11.6 Å². The SMILES string of the molecule is NCCNC(=O)CCc1ncc(-c2ccc(F)cc2F)o1. The standard InChI is InChI=1S/C14H15F2N3O2/c15-9-1-2-10(11(16)7-9)12-8-19-14(21-12)4-3-13(20)18-6-5-17/h1-2,7-8H,3-6,17H2,(H,18,20). The number of aryl methyl sites for hydroxylation is 1. The number of halogens is 2. The number of oxazole rings is 1. The Morgan fingerprint density at radius 1 is 1.38 bits per heavy atom. The molecule has 0 aliphatic carbocycles. The summed E-state index contributed by atoms with van der Waals surface area (Å²) in [5.74, 6) is -1.03. The number of hydrogen-bond donors (Lipinski definition) is 2. The van der Waals surface area contributed by atoms with E-state index in [-0.39, 0.29) is 23.7 Å². The summed E-state index contributed by atoms with van der Waals surface area (Å²) in [7, 11) is 0. The van der Waals surface area contributed by atoms with E-state index in [9.17, 15) is 13.6 Å². The zero-order valence-electron chi connectivity index (χ0n) is 11.2. The highest BCUT2D eigenvalue weighted by Gasteiger charge is 2.12. The Morgan fingerprint density at radius 3 is 2.90 bits per heavy atom. The van der Waals surface area contributed by atoms with E-state index in [1.165, 1.54) is 12.3 Å². The molecule has 0 spiro atoms. The minimum atomic E-state index is -0.724. The van der Waals surface area contributed by atoms with Crippen LogP contribution in [0.1, 0.15) is 12.3 Å². The van der Waals surface area contributed by atoms with Gasteiger partial charge in [-0.15, -0.1) is 0 Å². The van der Waals surface area contributed by atoms with E-state index in [1.54, 1.807) is 0 Å². The molecule has 0 aliphatic heterocycles. The van der Waals surface area contributed by atoms with Gasteiger partial charge in [-0.25, -0.2) is 13.8 Å². The van der Waals surface area contributed by atoms with Gasteiger partial charge in [-0.05, 0) is 12.1 Å². The van der Waals surface area contributed by atoms with Gasteiger partial charge in [0.15, 0.2) is 11.7 Å². The summed E-state index contributed by atoms with van der Waals surface area (Å²) in [5, 5.41) is 2.62. The van der Waals surface area contributed by atoms with Crippen molar-refractivity contribution in [1.29, 1.82) is 0 Å². The Kier molecular flexibility index (Phi) is 4.99. The first-order valence-electron chi connectivity index (χ1n) is 6.47. The molecule has 7 heteroatoms. The van der Waals surface area contributed by atoms with E-state index in [0.29, 0.717) is 25.4 Å². The maximum Gasteiger partial charge on any atom is 0.220 e. The highest BCUT2D eigenvalue weighted by molar-refractivity contribution is 5.76. The van der Waals surface area contributed by atoms with Crippen LogP contribution in [0.2, 0.25) is 0 Å². The van der Waals surface area contributed by atoms with Crippen molar-refractivity contribution in [2.75, 3.05) is 13.1 Å². The van der Waals surface area contributed by atoms with Gasteiger partial charge >= 0.3 is 0 Å². The molecule has 2 rings (SSSR count). The lowest BCUT2D eigenvalue weighted by atomic mass is 10.2. The van der Waals surface area contributed by atoms with Gasteiger partial charge < -0.3 is 15.5 Å². The zero-order valence-corrected chi connectivity index (χ0v) is 11.2. The molecule has 0 saturated heterocycles. The van der Waals surface area contributed by atoms with Crippen LogP contribution in [0.15, 0.2) is 28.8 Å². The molecule has 1 aromatic carbocycles. The zero-order chi connectivity index (χ0) is 15.2. The number of carbonyl (C=O) groups is 1. The number of nitrogens with zero attached hydrogens (tertiary/aromatic N) is 1. The van der Waals surface area contributed by atoms with Crippen molar-refractivity contribution in [2.45, 2.75) is 12.8 Å². The Labute approximate surface area is 120 Å². The summed E-state index contributed by atoms with van der Waals surface area (Å²) in [6.07, 6.45) is 1.84. The lowest BCUT2D eigenvalue weighted by Crippen LogP contribution is -2.29. The highest BCUT2D eigenvalue weighted by Crippen LogP contribution is 2.24. The van der Waals surface area contributed by atoms with Gasteiger partial charge in [0, 0.05) is 32.0 Å². The third-order valence-corrected chi connectivity index (χ3v) is 2.78. The van der Waals surface area contributed by atoms with Gasteiger partial charge in [0.05, 0.1) is 11.8 Å². The van der Waals surface area contributed by atoms with E-state index in [4.69, 9.17) is 10.2 Å². The Morgan fingerprint density at radius 2 is 2.19 bits per heavy atom. The predicted molar refractivity (Wildman–Crippen MR) is 72.2 cm³/mol. The number of rotatable bonds is 6. The van der Waals surface area contributed by atoms with Gasteiger partial charge in [-0.2, -0.15) is 0 Å². The van der Waals surface area contributed by atoms with E-state index in [0.717, 1.165) is 12.1 Å². The number of nitrogens with two attached hydrogens (primary N) is 1. The molecule has 0 unspecified atom stereocenters. The molecule has 1 heterocycles. The summed E-state index contributed by atoms with van der Waals surface area (Å²) < 4.78 is 31.8. The lowest BCUT2D eigenvalue weighted by molar-refractivity contribution is -0.121. The molecule has 0 saturated carbocycles. The van der Waals surface area contributed by atoms with Crippen LogP contribution in [0.4, 0.5) is 8.78 Å². The number of benzene rings is 1. The molecule has 2 aromatic rings. The quantitative estimate of drug-likeness (QED) is 0.848. The topological polar surface area (TPSA) is 81.1 Å². The Bertz CT molecular complexity index is 628. The molecular weight excluding hydrogens is 280 g/mol. The summed E-state index contributed by atoms with van der Waals surface area (Å²) in [6.45, 7) is 0.787. The molecule has 0 atom stereocenters. The van der Waals surface area contributed by atoms with Crippen LogP contribution in [0.3, 0.4) is 0 Å². The minimum absolute atomic E-state index is 0.128. The molecule has 0 radical (unpaired) electrons. The Balaban J connectivity index is 1.99. The Hall–Kier alpha value is -2.28. The molecule has 3 N–H and O–H groups in total. The van der Waals surface area contributed by atoms with E-state index in [2.05, 4.69) is 10.3 Å². The summed E-state index contributed by atoms with van der Waals surface area (Å²) >= 11 is 0. The van der Waals surface area contributed by atoms with Crippen LogP contribution in [-0.4, -0.2) is 24.0 Å². The van der Waals surface area contributed by atoms with E-state index in [1.807, 2.05) is 0 Å². The molecule has 0 bridgehead atoms. The first kappa shape index (κ1) is 15.1. The number of carbonyl (C=O) groups excluding carboxylic acids is 1. The average Bonchev–Trinajstić information content (AvgIpc) is 2.91. The van der Waals surface area contributed by atoms with Crippen LogP contribution in [0, 0.1) is 11.6 Å². The third-order valence-electron chi connectivity index (χ3n) is 2.78. The molecular formula is C14H15F2N3O2. The maximum absolute atomic E-state index is 13.6. The smallest absolute Gasteiger partial charge is 0.220 e. The minimum Gasteiger partial charge on any atom is -0.441 e. The third kappa shape index (κ3) is 4.09. The molecule has 0 fully saturated rings.